The van der Waals surface area contributed by atoms with Crippen LogP contribution >= 0.6 is 24.0 Å². The Bertz CT molecular complexity index is 492. The van der Waals surface area contributed by atoms with Gasteiger partial charge in [-0.05, 0) is 44.6 Å². The van der Waals surface area contributed by atoms with Crippen LogP contribution in [-0.2, 0) is 0 Å². The van der Waals surface area contributed by atoms with Crippen LogP contribution in [0.4, 0.5) is 0 Å². The lowest BCUT2D eigenvalue weighted by molar-refractivity contribution is 0.297. The van der Waals surface area contributed by atoms with Gasteiger partial charge in [-0.25, -0.2) is 0 Å². The largest absolute Gasteiger partial charge is 0.497 e. The molecule has 138 valence electrons. The number of halogens is 1. The van der Waals surface area contributed by atoms with E-state index < -0.39 is 0 Å². The highest BCUT2D eigenvalue weighted by molar-refractivity contribution is 14.0. The summed E-state index contributed by atoms with van der Waals surface area (Å²) in [5.74, 6) is 2.30. The molecule has 1 rings (SSSR count). The van der Waals surface area contributed by atoms with E-state index in [1.807, 2.05) is 12.1 Å². The second kappa shape index (κ2) is 12.4. The maximum absolute atomic E-state index is 5.34. The van der Waals surface area contributed by atoms with E-state index in [0.717, 1.165) is 31.3 Å². The van der Waals surface area contributed by atoms with E-state index in [2.05, 4.69) is 67.5 Å². The number of hydrogen-bond acceptors (Lipinski definition) is 3. The number of ether oxygens (including phenoxy) is 1. The topological polar surface area (TPSA) is 48.9 Å². The molecule has 24 heavy (non-hydrogen) atoms. The Hall–Kier alpha value is -1.02. The number of aliphatic imine (C=N–C) groups is 1. The minimum Gasteiger partial charge on any atom is -0.497 e. The minimum atomic E-state index is 0. The molecule has 1 aromatic carbocycles. The zero-order valence-electron chi connectivity index (χ0n) is 15.8. The Kier molecular flexibility index (Phi) is 11.8. The van der Waals surface area contributed by atoms with Crippen molar-refractivity contribution in [1.29, 1.82) is 0 Å². The van der Waals surface area contributed by atoms with Crippen LogP contribution in [0.1, 0.15) is 32.4 Å². The van der Waals surface area contributed by atoms with E-state index in [-0.39, 0.29) is 30.0 Å². The van der Waals surface area contributed by atoms with Crippen LogP contribution in [0.25, 0.3) is 0 Å². The summed E-state index contributed by atoms with van der Waals surface area (Å²) in [5, 5.41) is 6.75. The third-order valence-corrected chi connectivity index (χ3v) is 3.52. The molecule has 0 saturated heterocycles. The summed E-state index contributed by atoms with van der Waals surface area (Å²) in [6, 6.07) is 8.46. The van der Waals surface area contributed by atoms with Crippen LogP contribution < -0.4 is 15.4 Å². The number of hydrogen-bond donors (Lipinski definition) is 2. The molecule has 1 aromatic rings. The monoisotopic (exact) mass is 448 g/mol. The van der Waals surface area contributed by atoms with Gasteiger partial charge in [0.15, 0.2) is 5.96 Å². The van der Waals surface area contributed by atoms with E-state index in [9.17, 15) is 0 Å². The molecular formula is C18H33IN4O. The second-order valence-corrected chi connectivity index (χ2v) is 6.25. The normalized spacial score (nSPS) is 12.8. The first-order valence-electron chi connectivity index (χ1n) is 8.30. The van der Waals surface area contributed by atoms with Gasteiger partial charge >= 0.3 is 0 Å². The molecule has 0 aromatic heterocycles. The Balaban J connectivity index is 0.00000529. The Labute approximate surface area is 164 Å². The average Bonchev–Trinajstić information content (AvgIpc) is 2.52. The molecule has 5 nitrogen and oxygen atoms in total. The summed E-state index contributed by atoms with van der Waals surface area (Å²) >= 11 is 0. The van der Waals surface area contributed by atoms with Crippen molar-refractivity contribution >= 4 is 29.9 Å². The van der Waals surface area contributed by atoms with Crippen molar-refractivity contribution in [2.75, 3.05) is 40.8 Å². The fourth-order valence-corrected chi connectivity index (χ4v) is 2.26. The lowest BCUT2D eigenvalue weighted by atomic mass is 10.1. The van der Waals surface area contributed by atoms with Crippen molar-refractivity contribution in [3.8, 4) is 5.75 Å². The fourth-order valence-electron chi connectivity index (χ4n) is 2.26. The molecule has 1 atom stereocenters. The summed E-state index contributed by atoms with van der Waals surface area (Å²) in [4.78, 5) is 6.83. The smallest absolute Gasteiger partial charge is 0.191 e. The molecule has 6 heteroatoms. The standard InChI is InChI=1S/C18H32N4O.HI/c1-7-19-18(20-12-14(2)3)21-13-17(22(4)5)15-9-8-10-16(11-15)23-6;/h8-11,14,17H,7,12-13H2,1-6H3,(H2,19,20,21);1H. The molecule has 0 heterocycles. The van der Waals surface area contributed by atoms with Gasteiger partial charge in [0, 0.05) is 19.6 Å². The SMILES string of the molecule is CCNC(=NCC(C)C)NCC(c1cccc(OC)c1)N(C)C.I. The van der Waals surface area contributed by atoms with Gasteiger partial charge in [0.2, 0.25) is 0 Å². The van der Waals surface area contributed by atoms with Crippen molar-refractivity contribution in [2.24, 2.45) is 10.9 Å². The highest BCUT2D eigenvalue weighted by Crippen LogP contribution is 2.22. The summed E-state index contributed by atoms with van der Waals surface area (Å²) in [6.45, 7) is 8.89. The van der Waals surface area contributed by atoms with E-state index in [1.54, 1.807) is 7.11 Å². The van der Waals surface area contributed by atoms with Gasteiger partial charge in [-0.3, -0.25) is 4.99 Å². The van der Waals surface area contributed by atoms with Gasteiger partial charge in [-0.15, -0.1) is 24.0 Å². The van der Waals surface area contributed by atoms with Crippen LogP contribution in [0.3, 0.4) is 0 Å². The number of rotatable bonds is 8. The van der Waals surface area contributed by atoms with E-state index in [4.69, 9.17) is 4.74 Å². The molecule has 0 aliphatic heterocycles. The third-order valence-electron chi connectivity index (χ3n) is 3.52. The Morgan fingerprint density at radius 1 is 1.25 bits per heavy atom. The minimum absolute atomic E-state index is 0. The third kappa shape index (κ3) is 8.19. The zero-order valence-corrected chi connectivity index (χ0v) is 18.1. The zero-order chi connectivity index (χ0) is 17.2. The van der Waals surface area contributed by atoms with E-state index >= 15 is 0 Å². The van der Waals surface area contributed by atoms with Crippen molar-refractivity contribution in [2.45, 2.75) is 26.8 Å². The lowest BCUT2D eigenvalue weighted by Gasteiger charge is -2.26. The maximum Gasteiger partial charge on any atom is 0.191 e. The molecule has 0 bridgehead atoms. The van der Waals surface area contributed by atoms with Crippen molar-refractivity contribution in [3.05, 3.63) is 29.8 Å². The predicted octanol–water partition coefficient (Wildman–Crippen LogP) is 3.13. The van der Waals surface area contributed by atoms with Gasteiger partial charge in [0.1, 0.15) is 5.75 Å². The highest BCUT2D eigenvalue weighted by Gasteiger charge is 2.15. The molecule has 0 aliphatic rings. The summed E-state index contributed by atoms with van der Waals surface area (Å²) in [7, 11) is 5.87. The van der Waals surface area contributed by atoms with Crippen LogP contribution in [0, 0.1) is 5.92 Å². The van der Waals surface area contributed by atoms with Crippen LogP contribution in [0.5, 0.6) is 5.75 Å². The van der Waals surface area contributed by atoms with Crippen LogP contribution in [-0.4, -0.2) is 51.7 Å². The molecule has 0 amide bonds. The Morgan fingerprint density at radius 2 is 1.96 bits per heavy atom. The van der Waals surface area contributed by atoms with Crippen molar-refractivity contribution < 1.29 is 4.74 Å². The molecule has 0 radical (unpaired) electrons. The number of likely N-dealkylation sites (N-methyl/N-ethyl adjacent to an activating group) is 1. The number of benzene rings is 1. The molecule has 1 unspecified atom stereocenters. The van der Waals surface area contributed by atoms with Gasteiger partial charge in [0.05, 0.1) is 13.2 Å². The van der Waals surface area contributed by atoms with Gasteiger partial charge in [-0.1, -0.05) is 26.0 Å². The van der Waals surface area contributed by atoms with E-state index in [0.29, 0.717) is 5.92 Å². The molecular weight excluding hydrogens is 415 g/mol. The second-order valence-electron chi connectivity index (χ2n) is 6.25. The number of nitrogens with zero attached hydrogens (tertiary/aromatic N) is 2. The summed E-state index contributed by atoms with van der Waals surface area (Å²) in [6.07, 6.45) is 0. The van der Waals surface area contributed by atoms with Gasteiger partial charge in [-0.2, -0.15) is 0 Å². The number of nitrogens with one attached hydrogen (secondary N) is 2. The van der Waals surface area contributed by atoms with E-state index in [1.165, 1.54) is 5.56 Å². The molecule has 0 spiro atoms. The first kappa shape index (κ1) is 23.0. The average molecular weight is 448 g/mol. The summed E-state index contributed by atoms with van der Waals surface area (Å²) < 4.78 is 5.34. The quantitative estimate of drug-likeness (QED) is 0.365. The first-order chi connectivity index (χ1) is 11.0. The van der Waals surface area contributed by atoms with Crippen LogP contribution in [0.2, 0.25) is 0 Å². The fraction of sp³-hybridized carbons (Fsp3) is 0.611. The summed E-state index contributed by atoms with van der Waals surface area (Å²) in [5.41, 5.74) is 1.22. The van der Waals surface area contributed by atoms with Crippen LogP contribution in [0.15, 0.2) is 29.3 Å². The number of methoxy groups -OCH3 is 1. The lowest BCUT2D eigenvalue weighted by Crippen LogP contribution is -2.42. The Morgan fingerprint density at radius 3 is 2.50 bits per heavy atom. The molecule has 0 aliphatic carbocycles. The van der Waals surface area contributed by atoms with Gasteiger partial charge in [0.25, 0.3) is 0 Å². The molecule has 0 saturated carbocycles. The molecule has 2 N–H and O–H groups in total. The molecule has 0 fully saturated rings. The van der Waals surface area contributed by atoms with Crippen molar-refractivity contribution in [1.82, 2.24) is 15.5 Å². The first-order valence-corrected chi connectivity index (χ1v) is 8.30. The van der Waals surface area contributed by atoms with Crippen molar-refractivity contribution in [3.63, 3.8) is 0 Å². The number of guanidine groups is 1. The van der Waals surface area contributed by atoms with Gasteiger partial charge < -0.3 is 20.3 Å². The highest BCUT2D eigenvalue weighted by atomic mass is 127. The predicted molar refractivity (Wildman–Crippen MR) is 114 cm³/mol. The maximum atomic E-state index is 5.34.